The van der Waals surface area contributed by atoms with E-state index in [4.69, 9.17) is 5.11 Å². The van der Waals surface area contributed by atoms with Gasteiger partial charge in [-0.3, -0.25) is 4.98 Å². The highest BCUT2D eigenvalue weighted by atomic mass is 16.3. The van der Waals surface area contributed by atoms with Crippen molar-refractivity contribution in [3.63, 3.8) is 0 Å². The highest BCUT2D eigenvalue weighted by Crippen LogP contribution is 2.21. The van der Waals surface area contributed by atoms with E-state index in [0.29, 0.717) is 18.8 Å². The van der Waals surface area contributed by atoms with Crippen LogP contribution in [0.1, 0.15) is 18.7 Å². The van der Waals surface area contributed by atoms with Gasteiger partial charge >= 0.3 is 0 Å². The lowest BCUT2D eigenvalue weighted by atomic mass is 10.1. The van der Waals surface area contributed by atoms with E-state index in [-0.39, 0.29) is 6.10 Å². The van der Waals surface area contributed by atoms with Gasteiger partial charge in [-0.05, 0) is 19.1 Å². The van der Waals surface area contributed by atoms with Gasteiger partial charge in [0.15, 0.2) is 0 Å². The summed E-state index contributed by atoms with van der Waals surface area (Å²) in [6, 6.07) is 3.73. The van der Waals surface area contributed by atoms with Crippen LogP contribution in [0.3, 0.4) is 0 Å². The molecule has 0 spiro atoms. The molecule has 14 heavy (non-hydrogen) atoms. The average molecular weight is 194 g/mol. The maximum atomic E-state index is 9.25. The monoisotopic (exact) mass is 194 g/mol. The Morgan fingerprint density at radius 3 is 2.64 bits per heavy atom. The fourth-order valence-electron chi connectivity index (χ4n) is 1.50. The molecule has 0 aliphatic carbocycles. The van der Waals surface area contributed by atoms with Gasteiger partial charge in [0.05, 0.1) is 29.8 Å². The highest BCUT2D eigenvalue weighted by Gasteiger charge is 2.24. The van der Waals surface area contributed by atoms with E-state index in [0.717, 1.165) is 5.69 Å². The van der Waals surface area contributed by atoms with E-state index in [1.807, 2.05) is 17.0 Å². The number of anilines is 1. The lowest BCUT2D eigenvalue weighted by Gasteiger charge is -2.37. The molecule has 1 aliphatic heterocycles. The summed E-state index contributed by atoms with van der Waals surface area (Å²) in [6.07, 6.45) is 1.01. The summed E-state index contributed by atoms with van der Waals surface area (Å²) in [7, 11) is 0. The predicted molar refractivity (Wildman–Crippen MR) is 53.1 cm³/mol. The fourth-order valence-corrected chi connectivity index (χ4v) is 1.50. The van der Waals surface area contributed by atoms with Gasteiger partial charge in [0.2, 0.25) is 0 Å². The number of hydrogen-bond acceptors (Lipinski definition) is 4. The maximum Gasteiger partial charge on any atom is 0.0931 e. The normalized spacial score (nSPS) is 19.2. The number of aromatic nitrogens is 1. The first-order chi connectivity index (χ1) is 6.66. The van der Waals surface area contributed by atoms with E-state index < -0.39 is 6.10 Å². The molecule has 0 saturated carbocycles. The largest absolute Gasteiger partial charge is 0.389 e. The summed E-state index contributed by atoms with van der Waals surface area (Å²) >= 11 is 0. The Morgan fingerprint density at radius 1 is 1.50 bits per heavy atom. The van der Waals surface area contributed by atoms with Crippen molar-refractivity contribution < 1.29 is 10.2 Å². The van der Waals surface area contributed by atoms with Crippen LogP contribution in [0.2, 0.25) is 0 Å². The van der Waals surface area contributed by atoms with Crippen molar-refractivity contribution in [1.82, 2.24) is 4.98 Å². The quantitative estimate of drug-likeness (QED) is 0.711. The smallest absolute Gasteiger partial charge is 0.0931 e. The standard InChI is InChI=1S/C10H14N2O2/c1-7(13)10-3-2-8(4-11-10)12-5-9(14)6-12/h2-4,7,9,13-14H,5-6H2,1H3. The summed E-state index contributed by atoms with van der Waals surface area (Å²) in [4.78, 5) is 6.18. The van der Waals surface area contributed by atoms with Crippen molar-refractivity contribution in [2.75, 3.05) is 18.0 Å². The first-order valence-electron chi connectivity index (χ1n) is 4.74. The molecule has 0 aromatic carbocycles. The van der Waals surface area contributed by atoms with E-state index in [1.165, 1.54) is 0 Å². The SMILES string of the molecule is CC(O)c1ccc(N2CC(O)C2)cn1. The second-order valence-electron chi connectivity index (χ2n) is 3.68. The van der Waals surface area contributed by atoms with Crippen molar-refractivity contribution in [3.05, 3.63) is 24.0 Å². The number of β-amino-alcohol motifs (C(OH)–C–C–N with tert-alkyl or cyclic N) is 1. The van der Waals surface area contributed by atoms with Gasteiger partial charge < -0.3 is 15.1 Å². The zero-order valence-electron chi connectivity index (χ0n) is 8.09. The molecular formula is C10H14N2O2. The van der Waals surface area contributed by atoms with Crippen LogP contribution in [0.4, 0.5) is 5.69 Å². The summed E-state index contributed by atoms with van der Waals surface area (Å²) in [5, 5.41) is 18.4. The number of aliphatic hydroxyl groups is 2. The molecule has 2 rings (SSSR count). The van der Waals surface area contributed by atoms with Gasteiger partial charge in [0, 0.05) is 13.1 Å². The Bertz CT molecular complexity index is 304. The van der Waals surface area contributed by atoms with Crippen LogP contribution in [0.25, 0.3) is 0 Å². The molecular weight excluding hydrogens is 180 g/mol. The second-order valence-corrected chi connectivity index (χ2v) is 3.68. The first kappa shape index (κ1) is 9.43. The highest BCUT2D eigenvalue weighted by molar-refractivity contribution is 5.47. The van der Waals surface area contributed by atoms with E-state index in [1.54, 1.807) is 13.1 Å². The third-order valence-electron chi connectivity index (χ3n) is 2.43. The Labute approximate surface area is 82.8 Å². The van der Waals surface area contributed by atoms with E-state index in [9.17, 15) is 5.11 Å². The Morgan fingerprint density at radius 2 is 2.21 bits per heavy atom. The van der Waals surface area contributed by atoms with Crippen LogP contribution in [0.15, 0.2) is 18.3 Å². The summed E-state index contributed by atoms with van der Waals surface area (Å²) < 4.78 is 0. The van der Waals surface area contributed by atoms with Crippen LogP contribution in [-0.2, 0) is 0 Å². The van der Waals surface area contributed by atoms with Crippen LogP contribution in [0, 0.1) is 0 Å². The van der Waals surface area contributed by atoms with Gasteiger partial charge in [0.25, 0.3) is 0 Å². The lowest BCUT2D eigenvalue weighted by Crippen LogP contribution is -2.50. The lowest BCUT2D eigenvalue weighted by molar-refractivity contribution is 0.142. The Balaban J connectivity index is 2.07. The molecule has 0 amide bonds. The number of pyridine rings is 1. The minimum absolute atomic E-state index is 0.202. The molecule has 1 atom stereocenters. The van der Waals surface area contributed by atoms with Crippen molar-refractivity contribution in [3.8, 4) is 0 Å². The molecule has 4 nitrogen and oxygen atoms in total. The summed E-state index contributed by atoms with van der Waals surface area (Å²) in [6.45, 7) is 3.04. The third kappa shape index (κ3) is 1.71. The van der Waals surface area contributed by atoms with Gasteiger partial charge in [-0.1, -0.05) is 0 Å². The number of nitrogens with zero attached hydrogens (tertiary/aromatic N) is 2. The van der Waals surface area contributed by atoms with Gasteiger partial charge in [-0.15, -0.1) is 0 Å². The molecule has 1 saturated heterocycles. The molecule has 2 heterocycles. The van der Waals surface area contributed by atoms with Gasteiger partial charge in [-0.25, -0.2) is 0 Å². The van der Waals surface area contributed by atoms with Crippen molar-refractivity contribution in [1.29, 1.82) is 0 Å². The maximum absolute atomic E-state index is 9.25. The molecule has 2 N–H and O–H groups in total. The van der Waals surface area contributed by atoms with Crippen LogP contribution >= 0.6 is 0 Å². The molecule has 1 aliphatic rings. The Hall–Kier alpha value is -1.13. The van der Waals surface area contributed by atoms with Gasteiger partial charge in [0.1, 0.15) is 0 Å². The van der Waals surface area contributed by atoms with E-state index >= 15 is 0 Å². The number of aliphatic hydroxyl groups excluding tert-OH is 2. The summed E-state index contributed by atoms with van der Waals surface area (Å²) in [5.41, 5.74) is 1.68. The first-order valence-corrected chi connectivity index (χ1v) is 4.74. The second kappa shape index (κ2) is 3.55. The van der Waals surface area contributed by atoms with Crippen LogP contribution < -0.4 is 4.90 Å². The zero-order valence-corrected chi connectivity index (χ0v) is 8.09. The number of rotatable bonds is 2. The van der Waals surface area contributed by atoms with Crippen molar-refractivity contribution in [2.24, 2.45) is 0 Å². The molecule has 1 aromatic heterocycles. The summed E-state index contributed by atoms with van der Waals surface area (Å²) in [5.74, 6) is 0. The number of hydrogen-bond donors (Lipinski definition) is 2. The minimum Gasteiger partial charge on any atom is -0.389 e. The molecule has 0 radical (unpaired) electrons. The van der Waals surface area contributed by atoms with Gasteiger partial charge in [-0.2, -0.15) is 0 Å². The molecule has 0 bridgehead atoms. The minimum atomic E-state index is -0.522. The zero-order chi connectivity index (χ0) is 10.1. The molecule has 1 aromatic rings. The van der Waals surface area contributed by atoms with Crippen molar-refractivity contribution >= 4 is 5.69 Å². The molecule has 1 unspecified atom stereocenters. The van der Waals surface area contributed by atoms with Crippen molar-refractivity contribution in [2.45, 2.75) is 19.1 Å². The molecule has 1 fully saturated rings. The van der Waals surface area contributed by atoms with E-state index in [2.05, 4.69) is 4.98 Å². The average Bonchev–Trinajstić information content (AvgIpc) is 2.13. The third-order valence-corrected chi connectivity index (χ3v) is 2.43. The van der Waals surface area contributed by atoms with Crippen LogP contribution in [-0.4, -0.2) is 34.4 Å². The molecule has 4 heteroatoms. The van der Waals surface area contributed by atoms with Crippen LogP contribution in [0.5, 0.6) is 0 Å². The molecule has 76 valence electrons. The topological polar surface area (TPSA) is 56.6 Å². The fraction of sp³-hybridized carbons (Fsp3) is 0.500. The predicted octanol–water partition coefficient (Wildman–Crippen LogP) is 0.316. The Kier molecular flexibility index (Phi) is 2.39.